The normalized spacial score (nSPS) is 27.6. The fraction of sp³-hybridized carbons (Fsp3) is 0.625. The van der Waals surface area contributed by atoms with Gasteiger partial charge in [-0.15, -0.1) is 0 Å². The van der Waals surface area contributed by atoms with Gasteiger partial charge in [-0.2, -0.15) is 0 Å². The lowest BCUT2D eigenvalue weighted by Crippen LogP contribution is -2.32. The van der Waals surface area contributed by atoms with Crippen molar-refractivity contribution >= 4 is 21.9 Å². The second-order valence-corrected chi connectivity index (χ2v) is 4.38. The predicted molar refractivity (Wildman–Crippen MR) is 52.8 cm³/mol. The van der Waals surface area contributed by atoms with Gasteiger partial charge < -0.3 is 5.11 Å². The van der Waals surface area contributed by atoms with Gasteiger partial charge in [0.1, 0.15) is 0 Å². The Morgan fingerprint density at radius 2 is 2.21 bits per heavy atom. The zero-order chi connectivity index (χ0) is 10.9. The lowest BCUT2D eigenvalue weighted by Gasteiger charge is -2.23. The summed E-state index contributed by atoms with van der Waals surface area (Å²) in [4.78, 5) is 20.9. The van der Waals surface area contributed by atoms with Gasteiger partial charge >= 0.3 is 5.97 Å². The van der Waals surface area contributed by atoms with Gasteiger partial charge in [0.05, 0.1) is 5.57 Å². The van der Waals surface area contributed by atoms with Crippen molar-refractivity contribution in [3.05, 3.63) is 20.2 Å². The first-order valence-electron chi connectivity index (χ1n) is 4.17. The molecule has 0 amide bonds. The molecule has 0 radical (unpaired) electrons. The molecule has 1 N–H and O–H groups in total. The maximum atomic E-state index is 10.7. The summed E-state index contributed by atoms with van der Waals surface area (Å²) in [5.41, 5.74) is 0.129. The van der Waals surface area contributed by atoms with Gasteiger partial charge in [0.2, 0.25) is 6.04 Å². The van der Waals surface area contributed by atoms with E-state index >= 15 is 0 Å². The molecule has 0 aromatic rings. The SMILES string of the molecule is CC1CC(Br)=C(C(=O)O)CC1[N+](=O)[O-]. The van der Waals surface area contributed by atoms with Crippen LogP contribution in [-0.4, -0.2) is 22.0 Å². The van der Waals surface area contributed by atoms with E-state index in [1.165, 1.54) is 0 Å². The fourth-order valence-corrected chi connectivity index (χ4v) is 2.39. The van der Waals surface area contributed by atoms with Gasteiger partial charge in [0, 0.05) is 21.7 Å². The maximum Gasteiger partial charge on any atom is 0.332 e. The number of allylic oxidation sites excluding steroid dienone is 1. The van der Waals surface area contributed by atoms with Crippen LogP contribution < -0.4 is 0 Å². The molecule has 6 heteroatoms. The number of carbonyl (C=O) groups is 1. The lowest BCUT2D eigenvalue weighted by atomic mass is 9.86. The third kappa shape index (κ3) is 2.12. The molecule has 2 atom stereocenters. The van der Waals surface area contributed by atoms with Crippen LogP contribution in [0.3, 0.4) is 0 Å². The molecule has 0 heterocycles. The van der Waals surface area contributed by atoms with E-state index in [0.29, 0.717) is 10.9 Å². The summed E-state index contributed by atoms with van der Waals surface area (Å²) in [5, 5.41) is 19.4. The van der Waals surface area contributed by atoms with E-state index in [2.05, 4.69) is 15.9 Å². The first-order chi connectivity index (χ1) is 6.43. The quantitative estimate of drug-likeness (QED) is 0.609. The third-order valence-corrected chi connectivity index (χ3v) is 3.23. The summed E-state index contributed by atoms with van der Waals surface area (Å²) < 4.78 is 0.579. The van der Waals surface area contributed by atoms with Crippen LogP contribution >= 0.6 is 15.9 Å². The highest BCUT2D eigenvalue weighted by atomic mass is 79.9. The largest absolute Gasteiger partial charge is 0.478 e. The number of carboxylic acid groups (broad SMARTS) is 1. The molecule has 1 aliphatic carbocycles. The summed E-state index contributed by atoms with van der Waals surface area (Å²) in [7, 11) is 0. The van der Waals surface area contributed by atoms with Gasteiger partial charge in [-0.25, -0.2) is 4.79 Å². The topological polar surface area (TPSA) is 80.4 Å². The van der Waals surface area contributed by atoms with Gasteiger partial charge in [0.15, 0.2) is 0 Å². The monoisotopic (exact) mass is 263 g/mol. The molecule has 1 rings (SSSR count). The number of rotatable bonds is 2. The van der Waals surface area contributed by atoms with E-state index in [-0.39, 0.29) is 17.9 Å². The van der Waals surface area contributed by atoms with E-state index in [1.54, 1.807) is 6.92 Å². The number of hydrogen-bond donors (Lipinski definition) is 1. The second-order valence-electron chi connectivity index (χ2n) is 3.43. The summed E-state index contributed by atoms with van der Waals surface area (Å²) in [5.74, 6) is -1.20. The van der Waals surface area contributed by atoms with Crippen molar-refractivity contribution in [3.63, 3.8) is 0 Å². The van der Waals surface area contributed by atoms with Crippen LogP contribution in [0.25, 0.3) is 0 Å². The molecule has 0 saturated carbocycles. The molecule has 0 fully saturated rings. The first-order valence-corrected chi connectivity index (χ1v) is 4.97. The third-order valence-electron chi connectivity index (χ3n) is 2.43. The summed E-state index contributed by atoms with van der Waals surface area (Å²) in [6, 6.07) is -0.776. The van der Waals surface area contributed by atoms with E-state index in [9.17, 15) is 14.9 Å². The first kappa shape index (κ1) is 11.2. The predicted octanol–water partition coefficient (Wildman–Crippen LogP) is 1.80. The smallest absolute Gasteiger partial charge is 0.332 e. The molecule has 1 aliphatic rings. The molecule has 0 spiro atoms. The molecule has 0 saturated heterocycles. The number of nitro groups is 1. The average molecular weight is 264 g/mol. The van der Waals surface area contributed by atoms with Crippen molar-refractivity contribution in [2.24, 2.45) is 5.92 Å². The van der Waals surface area contributed by atoms with Gasteiger partial charge in [0.25, 0.3) is 0 Å². The molecule has 0 bridgehead atoms. The summed E-state index contributed by atoms with van der Waals surface area (Å²) in [6.07, 6.45) is 0.428. The van der Waals surface area contributed by atoms with E-state index in [4.69, 9.17) is 5.11 Å². The Hall–Kier alpha value is -0.910. The van der Waals surface area contributed by atoms with Crippen molar-refractivity contribution in [2.75, 3.05) is 0 Å². The van der Waals surface area contributed by atoms with Crippen LogP contribution in [0.2, 0.25) is 0 Å². The average Bonchev–Trinajstić information content (AvgIpc) is 2.02. The summed E-state index contributed by atoms with van der Waals surface area (Å²) in [6.45, 7) is 1.76. The molecule has 2 unspecified atom stereocenters. The van der Waals surface area contributed by atoms with Crippen molar-refractivity contribution in [2.45, 2.75) is 25.8 Å². The van der Waals surface area contributed by atoms with Gasteiger partial charge in [-0.3, -0.25) is 10.1 Å². The van der Waals surface area contributed by atoms with Crippen LogP contribution in [0.5, 0.6) is 0 Å². The Kier molecular flexibility index (Phi) is 3.25. The molecule has 0 aliphatic heterocycles. The minimum atomic E-state index is -1.07. The number of halogens is 1. The number of hydrogen-bond acceptors (Lipinski definition) is 3. The molecule has 14 heavy (non-hydrogen) atoms. The highest BCUT2D eigenvalue weighted by Crippen LogP contribution is 2.34. The van der Waals surface area contributed by atoms with Crippen LogP contribution in [0.1, 0.15) is 19.8 Å². The zero-order valence-corrected chi connectivity index (χ0v) is 9.15. The standard InChI is InChI=1S/C8H10BrNO4/c1-4-2-6(9)5(8(11)12)3-7(4)10(13)14/h4,7H,2-3H2,1H3,(H,11,12). The van der Waals surface area contributed by atoms with Crippen LogP contribution in [0.4, 0.5) is 0 Å². The van der Waals surface area contributed by atoms with E-state index in [0.717, 1.165) is 0 Å². The second kappa shape index (κ2) is 4.08. The van der Waals surface area contributed by atoms with Gasteiger partial charge in [-0.1, -0.05) is 22.9 Å². The van der Waals surface area contributed by atoms with E-state index in [1.807, 2.05) is 0 Å². The van der Waals surface area contributed by atoms with E-state index < -0.39 is 16.9 Å². The number of carboxylic acids is 1. The van der Waals surface area contributed by atoms with Crippen molar-refractivity contribution in [3.8, 4) is 0 Å². The van der Waals surface area contributed by atoms with Crippen molar-refractivity contribution in [1.82, 2.24) is 0 Å². The van der Waals surface area contributed by atoms with Crippen LogP contribution in [0.15, 0.2) is 10.1 Å². The Morgan fingerprint density at radius 3 is 2.64 bits per heavy atom. The Labute approximate surface area is 89.1 Å². The Morgan fingerprint density at radius 1 is 1.64 bits per heavy atom. The molecular weight excluding hydrogens is 254 g/mol. The van der Waals surface area contributed by atoms with Crippen molar-refractivity contribution < 1.29 is 14.8 Å². The maximum absolute atomic E-state index is 10.7. The van der Waals surface area contributed by atoms with Gasteiger partial charge in [-0.05, 0) is 6.42 Å². The highest BCUT2D eigenvalue weighted by molar-refractivity contribution is 9.11. The zero-order valence-electron chi connectivity index (χ0n) is 7.57. The number of nitrogens with zero attached hydrogens (tertiary/aromatic N) is 1. The lowest BCUT2D eigenvalue weighted by molar-refractivity contribution is -0.531. The molecule has 0 aromatic heterocycles. The Bertz CT molecular complexity index is 312. The van der Waals surface area contributed by atoms with Crippen LogP contribution in [-0.2, 0) is 4.79 Å². The molecular formula is C8H10BrNO4. The highest BCUT2D eigenvalue weighted by Gasteiger charge is 2.36. The fourth-order valence-electron chi connectivity index (χ4n) is 1.55. The molecule has 0 aromatic carbocycles. The minimum absolute atomic E-state index is 0.00405. The Balaban J connectivity index is 2.94. The summed E-state index contributed by atoms with van der Waals surface area (Å²) >= 11 is 3.15. The minimum Gasteiger partial charge on any atom is -0.478 e. The molecule has 5 nitrogen and oxygen atoms in total. The molecule has 78 valence electrons. The van der Waals surface area contributed by atoms with Crippen LogP contribution in [0, 0.1) is 16.0 Å². The van der Waals surface area contributed by atoms with Crippen molar-refractivity contribution in [1.29, 1.82) is 0 Å². The number of aliphatic carboxylic acids is 1.